The summed E-state index contributed by atoms with van der Waals surface area (Å²) in [6.45, 7) is 10.6. The van der Waals surface area contributed by atoms with Crippen molar-refractivity contribution in [2.45, 2.75) is 32.8 Å². The summed E-state index contributed by atoms with van der Waals surface area (Å²) < 4.78 is 11.4. The summed E-state index contributed by atoms with van der Waals surface area (Å²) in [5.41, 5.74) is 1.01. The molecule has 0 radical (unpaired) electrons. The number of rotatable bonds is 6. The summed E-state index contributed by atoms with van der Waals surface area (Å²) in [5, 5.41) is 0. The molecule has 2 saturated heterocycles. The summed E-state index contributed by atoms with van der Waals surface area (Å²) in [5.74, 6) is 1.68. The van der Waals surface area contributed by atoms with E-state index in [-0.39, 0.29) is 5.91 Å². The Morgan fingerprint density at radius 1 is 1.15 bits per heavy atom. The minimum atomic E-state index is 0.0479. The smallest absolute Gasteiger partial charge is 0.246 e. The van der Waals surface area contributed by atoms with Crippen LogP contribution >= 0.6 is 0 Å². The molecule has 0 unspecified atom stereocenters. The van der Waals surface area contributed by atoms with Gasteiger partial charge in [-0.2, -0.15) is 0 Å². The van der Waals surface area contributed by atoms with Crippen molar-refractivity contribution >= 4 is 12.0 Å². The molecule has 2 aliphatic rings. The fraction of sp³-hybridized carbons (Fsp3) is 0.591. The van der Waals surface area contributed by atoms with Gasteiger partial charge in [-0.3, -0.25) is 4.79 Å². The maximum absolute atomic E-state index is 12.1. The Morgan fingerprint density at radius 2 is 1.81 bits per heavy atom. The van der Waals surface area contributed by atoms with Crippen molar-refractivity contribution in [1.29, 1.82) is 0 Å². The van der Waals surface area contributed by atoms with E-state index in [0.717, 1.165) is 43.2 Å². The SMILES string of the molecule is CC(C)CN1CCC(Oc2ccc(C=CC(=O)N3CCOCC3)cc2)CC1. The van der Waals surface area contributed by atoms with E-state index in [1.54, 1.807) is 6.08 Å². The highest BCUT2D eigenvalue weighted by Crippen LogP contribution is 2.20. The molecule has 27 heavy (non-hydrogen) atoms. The van der Waals surface area contributed by atoms with E-state index in [9.17, 15) is 4.79 Å². The second kappa shape index (κ2) is 9.90. The molecule has 1 aromatic rings. The van der Waals surface area contributed by atoms with Crippen LogP contribution in [0.25, 0.3) is 6.08 Å². The van der Waals surface area contributed by atoms with Gasteiger partial charge in [0.05, 0.1) is 13.2 Å². The van der Waals surface area contributed by atoms with Crippen molar-refractivity contribution in [3.8, 4) is 5.75 Å². The monoisotopic (exact) mass is 372 g/mol. The largest absolute Gasteiger partial charge is 0.490 e. The molecule has 148 valence electrons. The first-order chi connectivity index (χ1) is 13.1. The molecule has 0 N–H and O–H groups in total. The zero-order chi connectivity index (χ0) is 19.1. The predicted octanol–water partition coefficient (Wildman–Crippen LogP) is 3.06. The number of carbonyl (C=O) groups excluding carboxylic acids is 1. The van der Waals surface area contributed by atoms with Crippen molar-refractivity contribution in [1.82, 2.24) is 9.80 Å². The molecular formula is C22H32N2O3. The Kier molecular flexibility index (Phi) is 7.30. The molecule has 0 saturated carbocycles. The number of piperidine rings is 1. The van der Waals surface area contributed by atoms with Crippen molar-refractivity contribution in [2.75, 3.05) is 45.9 Å². The number of amides is 1. The van der Waals surface area contributed by atoms with E-state index < -0.39 is 0 Å². The summed E-state index contributed by atoms with van der Waals surface area (Å²) in [7, 11) is 0. The Bertz CT molecular complexity index is 613. The van der Waals surface area contributed by atoms with E-state index in [2.05, 4.69) is 18.7 Å². The minimum Gasteiger partial charge on any atom is -0.490 e. The van der Waals surface area contributed by atoms with E-state index in [1.165, 1.54) is 6.54 Å². The van der Waals surface area contributed by atoms with Gasteiger partial charge in [0.2, 0.25) is 5.91 Å². The standard InChI is InChI=1S/C22H32N2O3/c1-18(2)17-23-11-9-21(10-12-23)27-20-6-3-19(4-7-20)5-8-22(25)24-13-15-26-16-14-24/h3-8,18,21H,9-17H2,1-2H3. The molecule has 1 amide bonds. The van der Waals surface area contributed by atoms with Gasteiger partial charge in [-0.25, -0.2) is 0 Å². The van der Waals surface area contributed by atoms with Gasteiger partial charge >= 0.3 is 0 Å². The molecule has 2 fully saturated rings. The van der Waals surface area contributed by atoms with Crippen LogP contribution in [-0.2, 0) is 9.53 Å². The molecule has 3 rings (SSSR count). The molecular weight excluding hydrogens is 340 g/mol. The van der Waals surface area contributed by atoms with Gasteiger partial charge in [-0.15, -0.1) is 0 Å². The first kappa shape index (κ1) is 19.9. The third-order valence-electron chi connectivity index (χ3n) is 5.08. The molecule has 0 atom stereocenters. The molecule has 1 aromatic carbocycles. The number of ether oxygens (including phenoxy) is 2. The highest BCUT2D eigenvalue weighted by molar-refractivity contribution is 5.91. The fourth-order valence-corrected chi connectivity index (χ4v) is 3.63. The van der Waals surface area contributed by atoms with Crippen molar-refractivity contribution in [3.05, 3.63) is 35.9 Å². The molecule has 5 nitrogen and oxygen atoms in total. The lowest BCUT2D eigenvalue weighted by Gasteiger charge is -2.33. The maximum atomic E-state index is 12.1. The zero-order valence-electron chi connectivity index (χ0n) is 16.6. The third-order valence-corrected chi connectivity index (χ3v) is 5.08. The van der Waals surface area contributed by atoms with Crippen molar-refractivity contribution < 1.29 is 14.3 Å². The number of hydrogen-bond donors (Lipinski definition) is 0. The lowest BCUT2D eigenvalue weighted by atomic mass is 10.1. The minimum absolute atomic E-state index is 0.0479. The first-order valence-electron chi connectivity index (χ1n) is 10.1. The molecule has 0 aromatic heterocycles. The number of likely N-dealkylation sites (tertiary alicyclic amines) is 1. The van der Waals surface area contributed by atoms with Gasteiger partial charge in [-0.05, 0) is 42.5 Å². The molecule has 0 spiro atoms. The van der Waals surface area contributed by atoms with Crippen LogP contribution in [0, 0.1) is 5.92 Å². The molecule has 0 bridgehead atoms. The Hall–Kier alpha value is -1.85. The Morgan fingerprint density at radius 3 is 2.44 bits per heavy atom. The molecule has 5 heteroatoms. The predicted molar refractivity (Wildman–Crippen MR) is 108 cm³/mol. The van der Waals surface area contributed by atoms with Gasteiger partial charge in [0.1, 0.15) is 11.9 Å². The van der Waals surface area contributed by atoms with Crippen LogP contribution in [-0.4, -0.2) is 67.7 Å². The quantitative estimate of drug-likeness (QED) is 0.720. The van der Waals surface area contributed by atoms with Crippen LogP contribution in [0.15, 0.2) is 30.3 Å². The normalized spacial score (nSPS) is 19.7. The lowest BCUT2D eigenvalue weighted by Crippen LogP contribution is -2.39. The topological polar surface area (TPSA) is 42.0 Å². The fourth-order valence-electron chi connectivity index (χ4n) is 3.63. The van der Waals surface area contributed by atoms with Crippen LogP contribution in [0.4, 0.5) is 0 Å². The van der Waals surface area contributed by atoms with Crippen molar-refractivity contribution in [3.63, 3.8) is 0 Å². The van der Waals surface area contributed by atoms with Gasteiger partial charge in [0.25, 0.3) is 0 Å². The average Bonchev–Trinajstić information content (AvgIpc) is 2.69. The second-order valence-corrected chi connectivity index (χ2v) is 7.85. The van der Waals surface area contributed by atoms with E-state index in [4.69, 9.17) is 9.47 Å². The average molecular weight is 373 g/mol. The Labute approximate surface area is 162 Å². The molecule has 2 heterocycles. The van der Waals surface area contributed by atoms with Crippen LogP contribution in [0.2, 0.25) is 0 Å². The van der Waals surface area contributed by atoms with Crippen LogP contribution in [0.3, 0.4) is 0 Å². The lowest BCUT2D eigenvalue weighted by molar-refractivity contribution is -0.129. The number of carbonyl (C=O) groups is 1. The Balaban J connectivity index is 1.45. The molecule has 0 aliphatic carbocycles. The molecule has 2 aliphatic heterocycles. The summed E-state index contributed by atoms with van der Waals surface area (Å²) in [6, 6.07) is 8.01. The van der Waals surface area contributed by atoms with Crippen LogP contribution in [0.5, 0.6) is 5.75 Å². The van der Waals surface area contributed by atoms with E-state index >= 15 is 0 Å². The number of morpholine rings is 1. The summed E-state index contributed by atoms with van der Waals surface area (Å²) in [4.78, 5) is 16.5. The summed E-state index contributed by atoms with van der Waals surface area (Å²) >= 11 is 0. The number of hydrogen-bond acceptors (Lipinski definition) is 4. The second-order valence-electron chi connectivity index (χ2n) is 7.85. The highest BCUT2D eigenvalue weighted by atomic mass is 16.5. The van der Waals surface area contributed by atoms with E-state index in [0.29, 0.717) is 32.4 Å². The number of benzene rings is 1. The maximum Gasteiger partial charge on any atom is 0.246 e. The van der Waals surface area contributed by atoms with Gasteiger partial charge in [-0.1, -0.05) is 26.0 Å². The highest BCUT2D eigenvalue weighted by Gasteiger charge is 2.20. The summed E-state index contributed by atoms with van der Waals surface area (Å²) in [6.07, 6.45) is 5.99. The first-order valence-corrected chi connectivity index (χ1v) is 10.1. The van der Waals surface area contributed by atoms with Gasteiger partial charge < -0.3 is 19.3 Å². The van der Waals surface area contributed by atoms with Crippen LogP contribution < -0.4 is 4.74 Å². The van der Waals surface area contributed by atoms with Crippen molar-refractivity contribution in [2.24, 2.45) is 5.92 Å². The van der Waals surface area contributed by atoms with Gasteiger partial charge in [0.15, 0.2) is 0 Å². The van der Waals surface area contributed by atoms with Crippen LogP contribution in [0.1, 0.15) is 32.3 Å². The number of nitrogens with zero attached hydrogens (tertiary/aromatic N) is 2. The zero-order valence-corrected chi connectivity index (χ0v) is 16.6. The van der Waals surface area contributed by atoms with Gasteiger partial charge in [0, 0.05) is 38.8 Å². The van der Waals surface area contributed by atoms with E-state index in [1.807, 2.05) is 35.2 Å². The third kappa shape index (κ3) is 6.36.